The lowest BCUT2D eigenvalue weighted by Gasteiger charge is -2.49. The summed E-state index contributed by atoms with van der Waals surface area (Å²) < 4.78 is 7.80. The molecule has 1 aliphatic carbocycles. The Bertz CT molecular complexity index is 848. The van der Waals surface area contributed by atoms with Gasteiger partial charge in [-0.1, -0.05) is 0 Å². The first-order valence-electron chi connectivity index (χ1n) is 10.6. The first kappa shape index (κ1) is 17.9. The van der Waals surface area contributed by atoms with Crippen LogP contribution in [0.2, 0.25) is 0 Å². The van der Waals surface area contributed by atoms with Crippen LogP contribution in [0.25, 0.3) is 11.4 Å². The fourth-order valence-corrected chi connectivity index (χ4v) is 4.81. The quantitative estimate of drug-likeness (QED) is 0.886. The van der Waals surface area contributed by atoms with Crippen LogP contribution < -0.4 is 5.32 Å². The van der Waals surface area contributed by atoms with Crippen LogP contribution in [0.15, 0.2) is 30.5 Å². The van der Waals surface area contributed by atoms with Crippen LogP contribution in [-0.4, -0.2) is 52.2 Å². The minimum atomic E-state index is -0.343. The van der Waals surface area contributed by atoms with Crippen molar-refractivity contribution in [1.82, 2.24) is 14.5 Å². The predicted molar refractivity (Wildman–Crippen MR) is 108 cm³/mol. The molecule has 2 fully saturated rings. The first-order valence-corrected chi connectivity index (χ1v) is 10.6. The Labute approximate surface area is 165 Å². The Kier molecular flexibility index (Phi) is 4.69. The van der Waals surface area contributed by atoms with E-state index in [0.29, 0.717) is 0 Å². The second kappa shape index (κ2) is 7.33. The first-order chi connectivity index (χ1) is 13.8. The van der Waals surface area contributed by atoms with Crippen LogP contribution in [0.5, 0.6) is 0 Å². The van der Waals surface area contributed by atoms with Crippen LogP contribution in [0.1, 0.15) is 37.8 Å². The van der Waals surface area contributed by atoms with E-state index in [1.165, 1.54) is 18.5 Å². The summed E-state index contributed by atoms with van der Waals surface area (Å²) in [6, 6.07) is 8.15. The number of fused-ring (bicyclic) bond motifs is 1. The molecule has 0 radical (unpaired) electrons. The van der Waals surface area contributed by atoms with Crippen molar-refractivity contribution in [1.29, 1.82) is 0 Å². The van der Waals surface area contributed by atoms with Gasteiger partial charge in [0.05, 0.1) is 13.2 Å². The Morgan fingerprint density at radius 3 is 2.54 bits per heavy atom. The van der Waals surface area contributed by atoms with Crippen LogP contribution >= 0.6 is 0 Å². The molecule has 1 amide bonds. The van der Waals surface area contributed by atoms with E-state index in [1.54, 1.807) is 0 Å². The van der Waals surface area contributed by atoms with Crippen molar-refractivity contribution in [2.24, 2.45) is 0 Å². The summed E-state index contributed by atoms with van der Waals surface area (Å²) in [6.45, 7) is 4.18. The number of nitrogens with zero attached hydrogens (tertiary/aromatic N) is 3. The summed E-state index contributed by atoms with van der Waals surface area (Å²) >= 11 is 0. The van der Waals surface area contributed by atoms with E-state index in [1.807, 2.05) is 18.3 Å². The number of aryl methyl sites for hydroxylation is 1. The maximum atomic E-state index is 13.1. The molecule has 3 heterocycles. The molecule has 0 atom stereocenters. The van der Waals surface area contributed by atoms with E-state index < -0.39 is 0 Å². The third-order valence-corrected chi connectivity index (χ3v) is 6.62. The van der Waals surface area contributed by atoms with Crippen LogP contribution in [-0.2, 0) is 22.5 Å². The van der Waals surface area contributed by atoms with Crippen LogP contribution in [0, 0.1) is 0 Å². The molecule has 1 aromatic heterocycles. The maximum absolute atomic E-state index is 13.1. The summed E-state index contributed by atoms with van der Waals surface area (Å²) in [5.41, 5.74) is 2.96. The summed E-state index contributed by atoms with van der Waals surface area (Å²) in [5.74, 6) is 1.17. The highest BCUT2D eigenvalue weighted by molar-refractivity contribution is 5.99. The Morgan fingerprint density at radius 2 is 1.82 bits per heavy atom. The number of aromatic nitrogens is 2. The molecule has 28 heavy (non-hydrogen) atoms. The molecule has 1 aromatic carbocycles. The number of rotatable bonds is 4. The lowest BCUT2D eigenvalue weighted by atomic mass is 9.74. The van der Waals surface area contributed by atoms with Crippen molar-refractivity contribution < 1.29 is 9.53 Å². The van der Waals surface area contributed by atoms with E-state index in [-0.39, 0.29) is 11.4 Å². The molecule has 0 unspecified atom stereocenters. The number of carbonyl (C=O) groups excluding carboxylic acids is 1. The van der Waals surface area contributed by atoms with Gasteiger partial charge in [-0.15, -0.1) is 0 Å². The number of morpholine rings is 1. The van der Waals surface area contributed by atoms with E-state index in [9.17, 15) is 4.79 Å². The molecule has 0 bridgehead atoms. The number of anilines is 1. The van der Waals surface area contributed by atoms with Gasteiger partial charge in [-0.2, -0.15) is 0 Å². The summed E-state index contributed by atoms with van der Waals surface area (Å²) in [5, 5.41) is 3.17. The topological polar surface area (TPSA) is 59.4 Å². The lowest BCUT2D eigenvalue weighted by Crippen LogP contribution is -2.63. The highest BCUT2D eigenvalue weighted by Crippen LogP contribution is 2.39. The van der Waals surface area contributed by atoms with E-state index in [0.717, 1.165) is 75.6 Å². The normalized spacial score (nSPS) is 21.6. The second-order valence-corrected chi connectivity index (χ2v) is 8.20. The third-order valence-electron chi connectivity index (χ3n) is 6.62. The number of ether oxygens (including phenoxy) is 1. The molecule has 5 rings (SSSR count). The Hall–Kier alpha value is -2.18. The molecule has 1 saturated carbocycles. The van der Waals surface area contributed by atoms with Crippen molar-refractivity contribution in [3.8, 4) is 11.4 Å². The van der Waals surface area contributed by atoms with Gasteiger partial charge >= 0.3 is 0 Å². The Morgan fingerprint density at radius 1 is 1.04 bits per heavy atom. The average Bonchev–Trinajstić information content (AvgIpc) is 3.13. The van der Waals surface area contributed by atoms with Gasteiger partial charge in [-0.3, -0.25) is 9.69 Å². The van der Waals surface area contributed by atoms with Crippen molar-refractivity contribution >= 4 is 11.6 Å². The van der Waals surface area contributed by atoms with Gasteiger partial charge in [-0.05, 0) is 62.8 Å². The highest BCUT2D eigenvalue weighted by Gasteiger charge is 2.49. The molecule has 2 aromatic rings. The van der Waals surface area contributed by atoms with Gasteiger partial charge in [-0.25, -0.2) is 4.98 Å². The SMILES string of the molecule is O=C(Nc1ccc(-c2ncc3n2CCCC3)cc1)C1(N2CCOCC2)CCC1. The molecule has 148 valence electrons. The summed E-state index contributed by atoms with van der Waals surface area (Å²) in [4.78, 5) is 20.1. The predicted octanol–water partition coefficient (Wildman–Crippen LogP) is 3.08. The van der Waals surface area contributed by atoms with Crippen LogP contribution in [0.3, 0.4) is 0 Å². The fourth-order valence-electron chi connectivity index (χ4n) is 4.81. The molecular formula is C22H28N4O2. The average molecular weight is 380 g/mol. The zero-order valence-electron chi connectivity index (χ0n) is 16.3. The Balaban J connectivity index is 1.31. The summed E-state index contributed by atoms with van der Waals surface area (Å²) in [7, 11) is 0. The van der Waals surface area contributed by atoms with E-state index in [2.05, 4.69) is 31.9 Å². The number of nitrogens with one attached hydrogen (secondary N) is 1. The van der Waals surface area contributed by atoms with E-state index in [4.69, 9.17) is 4.74 Å². The number of imidazole rings is 1. The molecule has 6 heteroatoms. The number of carbonyl (C=O) groups is 1. The standard InChI is InChI=1S/C22H28N4O2/c27-21(22(9-3-10-22)25-12-14-28-15-13-25)24-18-7-5-17(6-8-18)20-23-16-19-4-1-2-11-26(19)20/h5-8,16H,1-4,9-15H2,(H,24,27). The number of hydrogen-bond donors (Lipinski definition) is 1. The van der Waals surface area contributed by atoms with E-state index >= 15 is 0 Å². The molecule has 6 nitrogen and oxygen atoms in total. The van der Waals surface area contributed by atoms with Crippen LogP contribution in [0.4, 0.5) is 5.69 Å². The number of hydrogen-bond acceptors (Lipinski definition) is 4. The maximum Gasteiger partial charge on any atom is 0.244 e. The summed E-state index contributed by atoms with van der Waals surface area (Å²) in [6.07, 6.45) is 8.59. The molecule has 3 aliphatic rings. The molecule has 2 aliphatic heterocycles. The zero-order chi connectivity index (χ0) is 19.0. The van der Waals surface area contributed by atoms with Crippen molar-refractivity contribution in [2.45, 2.75) is 50.6 Å². The minimum absolute atomic E-state index is 0.131. The molecular weight excluding hydrogens is 352 g/mol. The van der Waals surface area contributed by atoms with Gasteiger partial charge in [0.2, 0.25) is 5.91 Å². The largest absolute Gasteiger partial charge is 0.379 e. The third kappa shape index (κ3) is 3.05. The lowest BCUT2D eigenvalue weighted by molar-refractivity contribution is -0.139. The van der Waals surface area contributed by atoms with Crippen molar-refractivity contribution in [3.63, 3.8) is 0 Å². The monoisotopic (exact) mass is 380 g/mol. The molecule has 0 spiro atoms. The number of amides is 1. The second-order valence-electron chi connectivity index (χ2n) is 8.20. The van der Waals surface area contributed by atoms with Crippen molar-refractivity contribution in [3.05, 3.63) is 36.2 Å². The molecule has 1 N–H and O–H groups in total. The fraction of sp³-hybridized carbons (Fsp3) is 0.545. The highest BCUT2D eigenvalue weighted by atomic mass is 16.5. The molecule has 1 saturated heterocycles. The van der Waals surface area contributed by atoms with Crippen molar-refractivity contribution in [2.75, 3.05) is 31.6 Å². The van der Waals surface area contributed by atoms with Gasteiger partial charge < -0.3 is 14.6 Å². The zero-order valence-corrected chi connectivity index (χ0v) is 16.3. The minimum Gasteiger partial charge on any atom is -0.379 e. The smallest absolute Gasteiger partial charge is 0.244 e. The van der Waals surface area contributed by atoms with Gasteiger partial charge in [0.1, 0.15) is 11.4 Å². The number of benzene rings is 1. The van der Waals surface area contributed by atoms with Gasteiger partial charge in [0.15, 0.2) is 0 Å². The van der Waals surface area contributed by atoms with Gasteiger partial charge in [0.25, 0.3) is 0 Å². The van der Waals surface area contributed by atoms with Gasteiger partial charge in [0, 0.05) is 42.8 Å².